The number of piperazine rings is 1. The first kappa shape index (κ1) is 23.2. The molecule has 150 valence electrons. The topological polar surface area (TPSA) is 60.7 Å². The second-order valence-corrected chi connectivity index (χ2v) is 6.96. The predicted molar refractivity (Wildman–Crippen MR) is 120 cm³/mol. The Bertz CT molecular complexity index is 550. The molecule has 8 heteroatoms. The summed E-state index contributed by atoms with van der Waals surface area (Å²) in [6.45, 7) is 13.6. The molecule has 1 unspecified atom stereocenters. The van der Waals surface area contributed by atoms with Gasteiger partial charge in [0.05, 0.1) is 12.7 Å². The van der Waals surface area contributed by atoms with Crippen molar-refractivity contribution in [1.82, 2.24) is 30.2 Å². The van der Waals surface area contributed by atoms with E-state index in [0.29, 0.717) is 6.04 Å². The van der Waals surface area contributed by atoms with Gasteiger partial charge in [0.25, 0.3) is 0 Å². The minimum Gasteiger partial charge on any atom is -0.357 e. The molecule has 0 spiro atoms. The lowest BCUT2D eigenvalue weighted by Gasteiger charge is -2.35. The van der Waals surface area contributed by atoms with Gasteiger partial charge in [0.15, 0.2) is 5.96 Å². The molecule has 2 rings (SSSR count). The summed E-state index contributed by atoms with van der Waals surface area (Å²) >= 11 is 0. The highest BCUT2D eigenvalue weighted by molar-refractivity contribution is 14.0. The Morgan fingerprint density at radius 3 is 2.50 bits per heavy atom. The van der Waals surface area contributed by atoms with Gasteiger partial charge in [-0.2, -0.15) is 5.10 Å². The summed E-state index contributed by atoms with van der Waals surface area (Å²) in [6, 6.07) is 0.477. The number of halogens is 1. The summed E-state index contributed by atoms with van der Waals surface area (Å²) in [5.41, 5.74) is 2.52. The number of hydrogen-bond acceptors (Lipinski definition) is 4. The van der Waals surface area contributed by atoms with E-state index in [-0.39, 0.29) is 24.0 Å². The Morgan fingerprint density at radius 1 is 1.23 bits per heavy atom. The van der Waals surface area contributed by atoms with Gasteiger partial charge in [-0.3, -0.25) is 14.6 Å². The summed E-state index contributed by atoms with van der Waals surface area (Å²) in [6.07, 6.45) is 2.91. The van der Waals surface area contributed by atoms with Crippen LogP contribution in [0.4, 0.5) is 0 Å². The lowest BCUT2D eigenvalue weighted by atomic mass is 10.2. The lowest BCUT2D eigenvalue weighted by Crippen LogP contribution is -2.49. The molecular formula is C18H36IN7. The average molecular weight is 477 g/mol. The molecule has 26 heavy (non-hydrogen) atoms. The number of guanidine groups is 1. The number of rotatable bonds is 7. The molecule has 0 aromatic carbocycles. The maximum atomic E-state index is 4.78. The molecule has 1 saturated heterocycles. The number of aliphatic imine (C=N–C) groups is 1. The second-order valence-electron chi connectivity index (χ2n) is 6.96. The van der Waals surface area contributed by atoms with E-state index < -0.39 is 0 Å². The molecule has 1 fully saturated rings. The Kier molecular flexibility index (Phi) is 10.5. The maximum absolute atomic E-state index is 4.78. The number of likely N-dealkylation sites (N-methyl/N-ethyl adjacent to an activating group) is 1. The van der Waals surface area contributed by atoms with E-state index in [1.807, 2.05) is 17.9 Å². The van der Waals surface area contributed by atoms with Crippen LogP contribution in [-0.2, 0) is 13.5 Å². The van der Waals surface area contributed by atoms with Crippen LogP contribution >= 0.6 is 24.0 Å². The van der Waals surface area contributed by atoms with Crippen LogP contribution in [0.25, 0.3) is 0 Å². The molecule has 0 bridgehead atoms. The largest absolute Gasteiger partial charge is 0.357 e. The zero-order valence-corrected chi connectivity index (χ0v) is 19.3. The summed E-state index contributed by atoms with van der Waals surface area (Å²) < 4.78 is 1.92. The summed E-state index contributed by atoms with van der Waals surface area (Å²) in [4.78, 5) is 9.71. The molecular weight excluding hydrogens is 441 g/mol. The van der Waals surface area contributed by atoms with Gasteiger partial charge < -0.3 is 15.5 Å². The number of aromatic nitrogens is 2. The number of hydrogen-bond donors (Lipinski definition) is 2. The van der Waals surface area contributed by atoms with Gasteiger partial charge >= 0.3 is 0 Å². The molecule has 1 atom stereocenters. The third-order valence-corrected chi connectivity index (χ3v) is 5.04. The van der Waals surface area contributed by atoms with E-state index >= 15 is 0 Å². The van der Waals surface area contributed by atoms with E-state index in [0.717, 1.165) is 58.2 Å². The van der Waals surface area contributed by atoms with Crippen molar-refractivity contribution >= 4 is 29.9 Å². The highest BCUT2D eigenvalue weighted by atomic mass is 127. The summed E-state index contributed by atoms with van der Waals surface area (Å²) in [5, 5.41) is 11.1. The molecule has 0 aliphatic carbocycles. The van der Waals surface area contributed by atoms with Crippen LogP contribution in [0, 0.1) is 6.92 Å². The van der Waals surface area contributed by atoms with Crippen molar-refractivity contribution in [2.75, 3.05) is 52.9 Å². The zero-order valence-electron chi connectivity index (χ0n) is 17.0. The van der Waals surface area contributed by atoms with Gasteiger partial charge in [-0.05, 0) is 39.8 Å². The molecule has 1 aromatic heterocycles. The molecule has 0 radical (unpaired) electrons. The van der Waals surface area contributed by atoms with Crippen LogP contribution in [0.2, 0.25) is 0 Å². The Labute approximate surface area is 175 Å². The average Bonchev–Trinajstić information content (AvgIpc) is 2.92. The molecule has 0 amide bonds. The molecule has 1 aromatic rings. The Morgan fingerprint density at radius 2 is 1.92 bits per heavy atom. The van der Waals surface area contributed by atoms with Crippen LogP contribution in [0.15, 0.2) is 11.2 Å². The zero-order chi connectivity index (χ0) is 18.2. The van der Waals surface area contributed by atoms with Crippen molar-refractivity contribution in [1.29, 1.82) is 0 Å². The summed E-state index contributed by atoms with van der Waals surface area (Å²) in [7, 11) is 4.18. The van der Waals surface area contributed by atoms with E-state index in [1.54, 1.807) is 0 Å². The van der Waals surface area contributed by atoms with Crippen molar-refractivity contribution in [2.24, 2.45) is 12.0 Å². The van der Waals surface area contributed by atoms with Crippen molar-refractivity contribution in [3.63, 3.8) is 0 Å². The van der Waals surface area contributed by atoms with E-state index in [2.05, 4.69) is 53.4 Å². The van der Waals surface area contributed by atoms with Gasteiger partial charge in [-0.1, -0.05) is 0 Å². The molecule has 1 aliphatic rings. The standard InChI is InChI=1S/C18H35N7.HI/c1-6-19-18(20-8-7-17-14-22-24(5)16(17)3)21-13-15(2)25-11-9-23(4)10-12-25;/h14-15H,6-13H2,1-5H3,(H2,19,20,21);1H. The maximum Gasteiger partial charge on any atom is 0.191 e. The first-order chi connectivity index (χ1) is 12.0. The monoisotopic (exact) mass is 477 g/mol. The molecule has 0 saturated carbocycles. The summed E-state index contributed by atoms with van der Waals surface area (Å²) in [5.74, 6) is 0.907. The van der Waals surface area contributed by atoms with Crippen LogP contribution < -0.4 is 10.6 Å². The molecule has 1 aliphatic heterocycles. The Balaban J connectivity index is 0.00000338. The fourth-order valence-electron chi connectivity index (χ4n) is 3.05. The SMILES string of the molecule is CCNC(=NCC(C)N1CCN(C)CC1)NCCc1cnn(C)c1C.I. The minimum atomic E-state index is 0. The highest BCUT2D eigenvalue weighted by Crippen LogP contribution is 2.06. The molecule has 2 N–H and O–H groups in total. The van der Waals surface area contributed by atoms with Crippen LogP contribution in [0.3, 0.4) is 0 Å². The Hall–Kier alpha value is -0.870. The van der Waals surface area contributed by atoms with Gasteiger partial charge in [-0.15, -0.1) is 24.0 Å². The van der Waals surface area contributed by atoms with Gasteiger partial charge in [-0.25, -0.2) is 0 Å². The van der Waals surface area contributed by atoms with Gasteiger partial charge in [0.2, 0.25) is 0 Å². The second kappa shape index (κ2) is 11.8. The van der Waals surface area contributed by atoms with E-state index in [4.69, 9.17) is 4.99 Å². The lowest BCUT2D eigenvalue weighted by molar-refractivity contribution is 0.122. The number of nitrogens with one attached hydrogen (secondary N) is 2. The normalized spacial score (nSPS) is 17.7. The van der Waals surface area contributed by atoms with Crippen molar-refractivity contribution < 1.29 is 0 Å². The van der Waals surface area contributed by atoms with Crippen LogP contribution in [-0.4, -0.2) is 84.4 Å². The van der Waals surface area contributed by atoms with Crippen molar-refractivity contribution in [3.05, 3.63) is 17.5 Å². The van der Waals surface area contributed by atoms with Crippen molar-refractivity contribution in [3.8, 4) is 0 Å². The number of aryl methyl sites for hydroxylation is 1. The first-order valence-corrected chi connectivity index (χ1v) is 9.43. The smallest absolute Gasteiger partial charge is 0.191 e. The first-order valence-electron chi connectivity index (χ1n) is 9.43. The van der Waals surface area contributed by atoms with Gasteiger partial charge in [0.1, 0.15) is 0 Å². The third-order valence-electron chi connectivity index (χ3n) is 5.04. The third kappa shape index (κ3) is 7.03. The highest BCUT2D eigenvalue weighted by Gasteiger charge is 2.18. The molecule has 7 nitrogen and oxygen atoms in total. The quantitative estimate of drug-likeness (QED) is 0.350. The fourth-order valence-corrected chi connectivity index (χ4v) is 3.05. The van der Waals surface area contributed by atoms with Crippen LogP contribution in [0.1, 0.15) is 25.1 Å². The molecule has 2 heterocycles. The van der Waals surface area contributed by atoms with Crippen LogP contribution in [0.5, 0.6) is 0 Å². The van der Waals surface area contributed by atoms with E-state index in [1.165, 1.54) is 11.3 Å². The van der Waals surface area contributed by atoms with Crippen molar-refractivity contribution in [2.45, 2.75) is 33.2 Å². The number of nitrogens with zero attached hydrogens (tertiary/aromatic N) is 5. The van der Waals surface area contributed by atoms with E-state index in [9.17, 15) is 0 Å². The minimum absolute atomic E-state index is 0. The fraction of sp³-hybridized carbons (Fsp3) is 0.778. The van der Waals surface area contributed by atoms with Gasteiger partial charge in [0, 0.05) is 58.1 Å². The predicted octanol–water partition coefficient (Wildman–Crippen LogP) is 1.08.